The van der Waals surface area contributed by atoms with Gasteiger partial charge in [0.2, 0.25) is 0 Å². The second-order valence-corrected chi connectivity index (χ2v) is 5.29. The van der Waals surface area contributed by atoms with Crippen LogP contribution in [0.5, 0.6) is 0 Å². The summed E-state index contributed by atoms with van der Waals surface area (Å²) in [5, 5.41) is 10.4. The number of alkyl carbamates (subject to hydrolysis) is 2. The molecular formula is C16H18N4O4S2. The van der Waals surface area contributed by atoms with Crippen molar-refractivity contribution in [2.45, 2.75) is 0 Å². The number of carbonyl (C=O) groups is 2. The minimum atomic E-state index is -0.713. The number of anilines is 2. The molecule has 0 unspecified atom stereocenters. The summed E-state index contributed by atoms with van der Waals surface area (Å²) in [7, 11) is 0. The molecule has 8 nitrogen and oxygen atoms in total. The standard InChI is InChI=1S/C16H18N4O4S2/c1-3-9-23-15(21)19-13(25)17-11-7-5-6-8-12(11)18-14(26)20-16(22)24-10-4-2/h3-8H,1-2,9-10H2,(H2,17,19,21,25)(H2,18,20,22,26). The zero-order valence-corrected chi connectivity index (χ0v) is 15.4. The zero-order chi connectivity index (χ0) is 19.4. The monoisotopic (exact) mass is 394 g/mol. The maximum atomic E-state index is 11.5. The topological polar surface area (TPSA) is 101 Å². The van der Waals surface area contributed by atoms with Gasteiger partial charge in [-0.3, -0.25) is 10.6 Å². The molecule has 0 saturated carbocycles. The summed E-state index contributed by atoms with van der Waals surface area (Å²) < 4.78 is 9.54. The van der Waals surface area contributed by atoms with Gasteiger partial charge in [-0.05, 0) is 36.6 Å². The van der Waals surface area contributed by atoms with Gasteiger partial charge >= 0.3 is 12.2 Å². The van der Waals surface area contributed by atoms with Crippen LogP contribution in [0.2, 0.25) is 0 Å². The van der Waals surface area contributed by atoms with Crippen molar-refractivity contribution in [2.75, 3.05) is 23.8 Å². The highest BCUT2D eigenvalue weighted by atomic mass is 32.1. The van der Waals surface area contributed by atoms with Crippen LogP contribution in [0.4, 0.5) is 21.0 Å². The van der Waals surface area contributed by atoms with Gasteiger partial charge in [-0.25, -0.2) is 9.59 Å². The smallest absolute Gasteiger partial charge is 0.413 e. The van der Waals surface area contributed by atoms with Crippen LogP contribution in [0.25, 0.3) is 0 Å². The molecule has 0 spiro atoms. The Kier molecular flexibility index (Phi) is 9.36. The summed E-state index contributed by atoms with van der Waals surface area (Å²) in [5.41, 5.74) is 1.04. The fourth-order valence-electron chi connectivity index (χ4n) is 1.54. The van der Waals surface area contributed by atoms with E-state index in [4.69, 9.17) is 33.9 Å². The van der Waals surface area contributed by atoms with Crippen LogP contribution in [0.15, 0.2) is 49.6 Å². The van der Waals surface area contributed by atoms with Crippen LogP contribution in [0.3, 0.4) is 0 Å². The fraction of sp³-hybridized carbons (Fsp3) is 0.125. The Morgan fingerprint density at radius 2 is 1.27 bits per heavy atom. The molecule has 4 N–H and O–H groups in total. The van der Waals surface area contributed by atoms with Crippen molar-refractivity contribution in [2.24, 2.45) is 0 Å². The molecule has 0 aliphatic rings. The van der Waals surface area contributed by atoms with Crippen molar-refractivity contribution in [1.82, 2.24) is 10.6 Å². The Balaban J connectivity index is 2.63. The van der Waals surface area contributed by atoms with Crippen LogP contribution in [0, 0.1) is 0 Å². The van der Waals surface area contributed by atoms with Crippen molar-refractivity contribution >= 4 is 58.2 Å². The highest BCUT2D eigenvalue weighted by molar-refractivity contribution is 7.80. The van der Waals surface area contributed by atoms with Crippen LogP contribution >= 0.6 is 24.4 Å². The number of hydrogen-bond acceptors (Lipinski definition) is 6. The lowest BCUT2D eigenvalue weighted by Gasteiger charge is -2.15. The van der Waals surface area contributed by atoms with Gasteiger partial charge in [0.25, 0.3) is 0 Å². The molecule has 1 rings (SSSR count). The molecule has 0 atom stereocenters. The lowest BCUT2D eigenvalue weighted by atomic mass is 10.2. The van der Waals surface area contributed by atoms with Crippen LogP contribution in [-0.2, 0) is 9.47 Å². The molecule has 138 valence electrons. The van der Waals surface area contributed by atoms with E-state index >= 15 is 0 Å². The minimum Gasteiger partial charge on any atom is -0.445 e. The van der Waals surface area contributed by atoms with Gasteiger partial charge in [-0.15, -0.1) is 0 Å². The molecule has 1 aromatic carbocycles. The average molecular weight is 394 g/mol. The third-order valence-electron chi connectivity index (χ3n) is 2.52. The Labute approximate surface area is 161 Å². The number of thiocarbonyl (C=S) groups is 2. The molecule has 0 radical (unpaired) electrons. The number of nitrogens with one attached hydrogen (secondary N) is 4. The van der Waals surface area contributed by atoms with E-state index in [-0.39, 0.29) is 23.4 Å². The van der Waals surface area contributed by atoms with E-state index in [0.717, 1.165) is 0 Å². The van der Waals surface area contributed by atoms with E-state index in [2.05, 4.69) is 34.4 Å². The van der Waals surface area contributed by atoms with Crippen LogP contribution < -0.4 is 21.3 Å². The largest absolute Gasteiger partial charge is 0.445 e. The third kappa shape index (κ3) is 8.22. The first-order chi connectivity index (χ1) is 12.5. The molecule has 10 heteroatoms. The minimum absolute atomic E-state index is 0.0255. The summed E-state index contributed by atoms with van der Waals surface area (Å²) >= 11 is 10.1. The van der Waals surface area contributed by atoms with Crippen molar-refractivity contribution in [3.63, 3.8) is 0 Å². The van der Waals surface area contributed by atoms with E-state index < -0.39 is 12.2 Å². The molecule has 0 aromatic heterocycles. The van der Waals surface area contributed by atoms with Crippen molar-refractivity contribution in [1.29, 1.82) is 0 Å². The molecule has 1 aromatic rings. The van der Waals surface area contributed by atoms with Gasteiger partial charge in [-0.1, -0.05) is 37.4 Å². The van der Waals surface area contributed by atoms with Crippen LogP contribution in [-0.4, -0.2) is 35.6 Å². The van der Waals surface area contributed by atoms with E-state index in [1.807, 2.05) is 0 Å². The molecule has 0 saturated heterocycles. The van der Waals surface area contributed by atoms with Gasteiger partial charge in [0, 0.05) is 0 Å². The molecule has 0 bridgehead atoms. The fourth-order valence-corrected chi connectivity index (χ4v) is 1.92. The normalized spacial score (nSPS) is 9.23. The maximum absolute atomic E-state index is 11.5. The summed E-state index contributed by atoms with van der Waals surface area (Å²) in [6, 6.07) is 6.90. The lowest BCUT2D eigenvalue weighted by Crippen LogP contribution is -2.36. The van der Waals surface area contributed by atoms with Gasteiger partial charge in [0.1, 0.15) is 13.2 Å². The lowest BCUT2D eigenvalue weighted by molar-refractivity contribution is 0.163. The van der Waals surface area contributed by atoms with E-state index in [0.29, 0.717) is 11.4 Å². The quantitative estimate of drug-likeness (QED) is 0.432. The van der Waals surface area contributed by atoms with Crippen LogP contribution in [0.1, 0.15) is 0 Å². The van der Waals surface area contributed by atoms with Gasteiger partial charge < -0.3 is 20.1 Å². The molecule has 26 heavy (non-hydrogen) atoms. The van der Waals surface area contributed by atoms with Crippen molar-refractivity contribution in [3.8, 4) is 0 Å². The first-order valence-corrected chi connectivity index (χ1v) is 8.08. The number of hydrogen-bond donors (Lipinski definition) is 4. The first kappa shape index (κ1) is 21.1. The average Bonchev–Trinajstić information content (AvgIpc) is 2.59. The number of ether oxygens (including phenoxy) is 2. The molecule has 0 aliphatic carbocycles. The number of carbonyl (C=O) groups excluding carboxylic acids is 2. The molecular weight excluding hydrogens is 376 g/mol. The second kappa shape index (κ2) is 11.6. The summed E-state index contributed by atoms with van der Waals surface area (Å²) in [4.78, 5) is 22.9. The Morgan fingerprint density at radius 1 is 0.885 bits per heavy atom. The SMILES string of the molecule is C=CCOC(=O)NC(=S)Nc1ccccc1NC(=S)NC(=O)OCC=C. The number of para-hydroxylation sites is 2. The predicted octanol–water partition coefficient (Wildman–Crippen LogP) is 2.90. The maximum Gasteiger partial charge on any atom is 0.413 e. The molecule has 0 aliphatic heterocycles. The number of amides is 2. The van der Waals surface area contributed by atoms with Gasteiger partial charge in [0.05, 0.1) is 11.4 Å². The second-order valence-electron chi connectivity index (χ2n) is 4.48. The molecule has 2 amide bonds. The summed E-state index contributed by atoms with van der Waals surface area (Å²) in [5.74, 6) is 0. The van der Waals surface area contributed by atoms with Crippen molar-refractivity contribution in [3.05, 3.63) is 49.6 Å². The highest BCUT2D eigenvalue weighted by Gasteiger charge is 2.10. The highest BCUT2D eigenvalue weighted by Crippen LogP contribution is 2.20. The number of benzene rings is 1. The summed E-state index contributed by atoms with van der Waals surface area (Å²) in [6.07, 6.45) is 1.44. The van der Waals surface area contributed by atoms with Gasteiger partial charge in [-0.2, -0.15) is 0 Å². The van der Waals surface area contributed by atoms with E-state index in [1.54, 1.807) is 24.3 Å². The van der Waals surface area contributed by atoms with E-state index in [1.165, 1.54) is 12.2 Å². The summed E-state index contributed by atoms with van der Waals surface area (Å²) in [6.45, 7) is 7.00. The van der Waals surface area contributed by atoms with Crippen molar-refractivity contribution < 1.29 is 19.1 Å². The van der Waals surface area contributed by atoms with Gasteiger partial charge in [0.15, 0.2) is 10.2 Å². The Hall–Kier alpha value is -2.98. The Bertz CT molecular complexity index is 650. The molecule has 0 heterocycles. The number of rotatable bonds is 6. The third-order valence-corrected chi connectivity index (χ3v) is 2.93. The predicted molar refractivity (Wildman–Crippen MR) is 108 cm³/mol. The first-order valence-electron chi connectivity index (χ1n) is 7.26. The molecule has 0 fully saturated rings. The Morgan fingerprint density at radius 3 is 1.62 bits per heavy atom. The zero-order valence-electron chi connectivity index (χ0n) is 13.7. The van der Waals surface area contributed by atoms with E-state index in [9.17, 15) is 9.59 Å².